The fourth-order valence-electron chi connectivity index (χ4n) is 4.44. The van der Waals surface area contributed by atoms with Gasteiger partial charge in [-0.25, -0.2) is 0 Å². The average Bonchev–Trinajstić information content (AvgIpc) is 3.17. The highest BCUT2D eigenvalue weighted by Crippen LogP contribution is 2.37. The van der Waals surface area contributed by atoms with E-state index in [1.165, 1.54) is 50.0 Å². The number of hydrogen-bond donors (Lipinski definition) is 1. The Morgan fingerprint density at radius 2 is 1.87 bits per heavy atom. The fourth-order valence-corrected chi connectivity index (χ4v) is 4.88. The molecule has 2 fully saturated rings. The zero-order valence-electron chi connectivity index (χ0n) is 14.0. The molecule has 4 rings (SSSR count). The molecule has 4 heteroatoms. The van der Waals surface area contributed by atoms with E-state index >= 15 is 0 Å². The Balaban J connectivity index is 1.37. The molecule has 0 spiro atoms. The molecule has 126 valence electrons. The van der Waals surface area contributed by atoms with Gasteiger partial charge in [0.05, 0.1) is 4.47 Å². The van der Waals surface area contributed by atoms with Crippen LogP contribution in [-0.2, 0) is 6.42 Å². The number of halogens is 1. The lowest BCUT2D eigenvalue weighted by Gasteiger charge is -2.36. The lowest BCUT2D eigenvalue weighted by Crippen LogP contribution is -2.43. The standard InChI is InChI=1S/C19H27BrN2O/c1-13-10-14-11-19(17(20)12-18(14)21-13)23-16-6-8-22(9-7-16)15-4-2-3-5-15/h11-13,15-16,21H,2-10H2,1H3. The third kappa shape index (κ3) is 3.39. The lowest BCUT2D eigenvalue weighted by atomic mass is 10.0. The average molecular weight is 379 g/mol. The minimum Gasteiger partial charge on any atom is -0.489 e. The highest BCUT2D eigenvalue weighted by atomic mass is 79.9. The van der Waals surface area contributed by atoms with E-state index in [4.69, 9.17) is 4.74 Å². The van der Waals surface area contributed by atoms with Gasteiger partial charge in [0.1, 0.15) is 11.9 Å². The molecule has 3 aliphatic rings. The lowest BCUT2D eigenvalue weighted by molar-refractivity contribution is 0.0763. The summed E-state index contributed by atoms with van der Waals surface area (Å²) in [6.07, 6.45) is 9.46. The predicted molar refractivity (Wildman–Crippen MR) is 98.4 cm³/mol. The molecule has 2 heterocycles. The van der Waals surface area contributed by atoms with Gasteiger partial charge in [-0.05, 0) is 72.7 Å². The topological polar surface area (TPSA) is 24.5 Å². The van der Waals surface area contributed by atoms with Crippen LogP contribution in [0.5, 0.6) is 5.75 Å². The molecule has 3 nitrogen and oxygen atoms in total. The molecule has 0 aromatic heterocycles. The van der Waals surface area contributed by atoms with Gasteiger partial charge in [-0.1, -0.05) is 12.8 Å². The number of rotatable bonds is 3. The SMILES string of the molecule is CC1Cc2cc(OC3CCN(C4CCCC4)CC3)c(Br)cc2N1. The Labute approximate surface area is 147 Å². The molecule has 23 heavy (non-hydrogen) atoms. The van der Waals surface area contributed by atoms with E-state index in [-0.39, 0.29) is 0 Å². The number of ether oxygens (including phenoxy) is 1. The Morgan fingerprint density at radius 1 is 1.13 bits per heavy atom. The minimum atomic E-state index is 0.369. The van der Waals surface area contributed by atoms with Gasteiger partial charge in [0.15, 0.2) is 0 Å². The first kappa shape index (κ1) is 15.8. The van der Waals surface area contributed by atoms with E-state index in [1.54, 1.807) is 0 Å². The zero-order chi connectivity index (χ0) is 15.8. The molecular weight excluding hydrogens is 352 g/mol. The van der Waals surface area contributed by atoms with Gasteiger partial charge in [-0.15, -0.1) is 0 Å². The number of nitrogens with zero attached hydrogens (tertiary/aromatic N) is 1. The van der Waals surface area contributed by atoms with Crippen molar-refractivity contribution in [2.24, 2.45) is 0 Å². The molecule has 0 radical (unpaired) electrons. The maximum absolute atomic E-state index is 6.36. The number of nitrogens with one attached hydrogen (secondary N) is 1. The van der Waals surface area contributed by atoms with E-state index in [1.807, 2.05) is 0 Å². The summed E-state index contributed by atoms with van der Waals surface area (Å²) in [5.74, 6) is 1.03. The summed E-state index contributed by atoms with van der Waals surface area (Å²) < 4.78 is 7.44. The van der Waals surface area contributed by atoms with Crippen LogP contribution in [0.4, 0.5) is 5.69 Å². The molecule has 1 aromatic rings. The minimum absolute atomic E-state index is 0.369. The maximum Gasteiger partial charge on any atom is 0.134 e. The number of benzene rings is 1. The van der Waals surface area contributed by atoms with Crippen LogP contribution in [0.3, 0.4) is 0 Å². The Bertz CT molecular complexity index is 563. The van der Waals surface area contributed by atoms with Gasteiger partial charge in [-0.2, -0.15) is 0 Å². The molecule has 0 bridgehead atoms. The zero-order valence-corrected chi connectivity index (χ0v) is 15.6. The number of fused-ring (bicyclic) bond motifs is 1. The van der Waals surface area contributed by atoms with Crippen LogP contribution < -0.4 is 10.1 Å². The monoisotopic (exact) mass is 378 g/mol. The summed E-state index contributed by atoms with van der Waals surface area (Å²) >= 11 is 3.69. The first-order valence-corrected chi connectivity index (χ1v) is 9.98. The Kier molecular flexibility index (Phi) is 4.55. The summed E-state index contributed by atoms with van der Waals surface area (Å²) in [7, 11) is 0. The van der Waals surface area contributed by atoms with Gasteiger partial charge in [0, 0.05) is 30.9 Å². The van der Waals surface area contributed by atoms with Crippen molar-refractivity contribution in [3.63, 3.8) is 0 Å². The molecule has 1 N–H and O–H groups in total. The van der Waals surface area contributed by atoms with Crippen molar-refractivity contribution in [2.75, 3.05) is 18.4 Å². The number of likely N-dealkylation sites (tertiary alicyclic amines) is 1. The van der Waals surface area contributed by atoms with Crippen molar-refractivity contribution in [3.05, 3.63) is 22.2 Å². The second-order valence-corrected chi connectivity index (χ2v) is 8.34. The third-order valence-electron chi connectivity index (χ3n) is 5.70. The molecule has 1 aromatic carbocycles. The van der Waals surface area contributed by atoms with Crippen molar-refractivity contribution in [1.29, 1.82) is 0 Å². The summed E-state index contributed by atoms with van der Waals surface area (Å²) in [6.45, 7) is 4.64. The molecular formula is C19H27BrN2O. The molecule has 1 saturated heterocycles. The molecule has 2 aliphatic heterocycles. The van der Waals surface area contributed by atoms with E-state index < -0.39 is 0 Å². The van der Waals surface area contributed by atoms with Crippen molar-refractivity contribution in [2.45, 2.75) is 70.1 Å². The summed E-state index contributed by atoms with van der Waals surface area (Å²) in [5.41, 5.74) is 2.65. The first-order chi connectivity index (χ1) is 11.2. The smallest absolute Gasteiger partial charge is 0.134 e. The highest BCUT2D eigenvalue weighted by molar-refractivity contribution is 9.10. The van der Waals surface area contributed by atoms with E-state index in [2.05, 4.69) is 45.2 Å². The van der Waals surface area contributed by atoms with E-state index in [0.717, 1.165) is 35.5 Å². The Morgan fingerprint density at radius 3 is 2.61 bits per heavy atom. The second-order valence-electron chi connectivity index (χ2n) is 7.48. The van der Waals surface area contributed by atoms with Crippen LogP contribution in [0.25, 0.3) is 0 Å². The second kappa shape index (κ2) is 6.64. The molecule has 1 saturated carbocycles. The van der Waals surface area contributed by atoms with E-state index in [9.17, 15) is 0 Å². The fraction of sp³-hybridized carbons (Fsp3) is 0.684. The quantitative estimate of drug-likeness (QED) is 0.831. The molecule has 1 atom stereocenters. The molecule has 1 unspecified atom stereocenters. The summed E-state index contributed by atoms with van der Waals surface area (Å²) in [5, 5.41) is 3.51. The molecule has 1 aliphatic carbocycles. The number of hydrogen-bond acceptors (Lipinski definition) is 3. The number of anilines is 1. The van der Waals surface area contributed by atoms with Crippen molar-refractivity contribution >= 4 is 21.6 Å². The van der Waals surface area contributed by atoms with Crippen LogP contribution in [-0.4, -0.2) is 36.2 Å². The van der Waals surface area contributed by atoms with Crippen LogP contribution in [0.15, 0.2) is 16.6 Å². The largest absolute Gasteiger partial charge is 0.489 e. The molecule has 0 amide bonds. The van der Waals surface area contributed by atoms with E-state index in [0.29, 0.717) is 12.1 Å². The van der Waals surface area contributed by atoms with Crippen LogP contribution in [0.1, 0.15) is 51.0 Å². The normalized spacial score (nSPS) is 26.3. The Hall–Kier alpha value is -0.740. The van der Waals surface area contributed by atoms with Crippen LogP contribution in [0, 0.1) is 0 Å². The maximum atomic E-state index is 6.36. The van der Waals surface area contributed by atoms with Gasteiger partial charge in [-0.3, -0.25) is 0 Å². The number of piperidine rings is 1. The third-order valence-corrected chi connectivity index (χ3v) is 6.32. The summed E-state index contributed by atoms with van der Waals surface area (Å²) in [6, 6.07) is 5.80. The first-order valence-electron chi connectivity index (χ1n) is 9.18. The van der Waals surface area contributed by atoms with Gasteiger partial charge >= 0.3 is 0 Å². The van der Waals surface area contributed by atoms with Crippen LogP contribution in [0.2, 0.25) is 0 Å². The van der Waals surface area contributed by atoms with Gasteiger partial charge in [0.2, 0.25) is 0 Å². The predicted octanol–water partition coefficient (Wildman–Crippen LogP) is 4.59. The van der Waals surface area contributed by atoms with Crippen molar-refractivity contribution in [3.8, 4) is 5.75 Å². The van der Waals surface area contributed by atoms with Gasteiger partial charge in [0.25, 0.3) is 0 Å². The van der Waals surface area contributed by atoms with Crippen molar-refractivity contribution < 1.29 is 4.74 Å². The van der Waals surface area contributed by atoms with Crippen LogP contribution >= 0.6 is 15.9 Å². The summed E-state index contributed by atoms with van der Waals surface area (Å²) in [4.78, 5) is 2.70. The highest BCUT2D eigenvalue weighted by Gasteiger charge is 2.28. The van der Waals surface area contributed by atoms with Crippen molar-refractivity contribution in [1.82, 2.24) is 4.90 Å². The van der Waals surface area contributed by atoms with Gasteiger partial charge < -0.3 is 15.0 Å².